The molecule has 98 valence electrons. The zero-order valence-electron chi connectivity index (χ0n) is 9.88. The number of carbonyl (C=O) groups is 1. The molecule has 0 unspecified atom stereocenters. The Hall–Kier alpha value is -2.21. The van der Waals surface area contributed by atoms with Crippen molar-refractivity contribution in [3.63, 3.8) is 0 Å². The number of anilines is 1. The lowest BCUT2D eigenvalue weighted by Crippen LogP contribution is -2.15. The maximum absolute atomic E-state index is 11.0. The first kappa shape index (κ1) is 11.9. The molecule has 2 aromatic rings. The molecule has 19 heavy (non-hydrogen) atoms. The smallest absolute Gasteiger partial charge is 0.348 e. The van der Waals surface area contributed by atoms with Crippen LogP contribution in [-0.2, 0) is 0 Å². The summed E-state index contributed by atoms with van der Waals surface area (Å²) in [6.45, 7) is 1.05. The largest absolute Gasteiger partial charge is 0.486 e. The van der Waals surface area contributed by atoms with Gasteiger partial charge in [0.25, 0.3) is 0 Å². The van der Waals surface area contributed by atoms with E-state index in [1.54, 1.807) is 11.4 Å². The van der Waals surface area contributed by atoms with Gasteiger partial charge in [0.05, 0.1) is 5.69 Å². The van der Waals surface area contributed by atoms with Crippen molar-refractivity contribution in [1.29, 1.82) is 0 Å². The first-order valence-corrected chi connectivity index (χ1v) is 6.55. The second-order valence-electron chi connectivity index (χ2n) is 4.06. The van der Waals surface area contributed by atoms with Gasteiger partial charge < -0.3 is 20.3 Å². The van der Waals surface area contributed by atoms with Crippen LogP contribution in [0.4, 0.5) is 5.69 Å². The first-order valence-electron chi connectivity index (χ1n) is 5.67. The fourth-order valence-corrected chi connectivity index (χ4v) is 2.80. The lowest BCUT2D eigenvalue weighted by molar-refractivity contribution is 0.0703. The molecule has 0 spiro atoms. The number of nitrogens with two attached hydrogens (primary N) is 1. The van der Waals surface area contributed by atoms with Crippen molar-refractivity contribution >= 4 is 23.0 Å². The van der Waals surface area contributed by atoms with Gasteiger partial charge in [0.2, 0.25) is 0 Å². The van der Waals surface area contributed by atoms with Crippen LogP contribution in [0.1, 0.15) is 9.67 Å². The maximum Gasteiger partial charge on any atom is 0.348 e. The predicted molar refractivity (Wildman–Crippen MR) is 72.1 cm³/mol. The molecule has 0 bridgehead atoms. The van der Waals surface area contributed by atoms with Gasteiger partial charge in [-0.2, -0.15) is 0 Å². The molecule has 1 aliphatic rings. The Balaban J connectivity index is 2.05. The van der Waals surface area contributed by atoms with Crippen LogP contribution in [0.15, 0.2) is 23.6 Å². The van der Waals surface area contributed by atoms with Crippen LogP contribution in [0.25, 0.3) is 11.1 Å². The molecule has 1 aromatic heterocycles. The minimum absolute atomic E-state index is 0.157. The summed E-state index contributed by atoms with van der Waals surface area (Å²) in [5, 5.41) is 10.7. The van der Waals surface area contributed by atoms with Gasteiger partial charge in [0, 0.05) is 10.9 Å². The molecule has 0 amide bonds. The second-order valence-corrected chi connectivity index (χ2v) is 4.94. The third-order valence-electron chi connectivity index (χ3n) is 2.88. The van der Waals surface area contributed by atoms with Crippen molar-refractivity contribution in [1.82, 2.24) is 0 Å². The van der Waals surface area contributed by atoms with E-state index in [4.69, 9.17) is 20.3 Å². The SMILES string of the molecule is Nc1c(-c2ccc3c(c2)OCCO3)csc1C(=O)O. The lowest BCUT2D eigenvalue weighted by atomic mass is 10.1. The van der Waals surface area contributed by atoms with Crippen molar-refractivity contribution in [2.75, 3.05) is 18.9 Å². The number of carboxylic acids is 1. The van der Waals surface area contributed by atoms with E-state index in [1.165, 1.54) is 0 Å². The van der Waals surface area contributed by atoms with E-state index in [9.17, 15) is 4.79 Å². The molecule has 3 rings (SSSR count). The molecular formula is C13H11NO4S. The predicted octanol–water partition coefficient (Wildman–Crippen LogP) is 2.47. The Kier molecular flexibility index (Phi) is 2.79. The molecule has 1 aromatic carbocycles. The summed E-state index contributed by atoms with van der Waals surface area (Å²) in [4.78, 5) is 11.1. The van der Waals surface area contributed by atoms with Crippen molar-refractivity contribution in [3.05, 3.63) is 28.5 Å². The molecule has 0 radical (unpaired) electrons. The summed E-state index contributed by atoms with van der Waals surface area (Å²) in [6.07, 6.45) is 0. The molecule has 0 fully saturated rings. The van der Waals surface area contributed by atoms with E-state index in [0.717, 1.165) is 16.9 Å². The number of thiophene rings is 1. The topological polar surface area (TPSA) is 81.8 Å². The number of hydrogen-bond acceptors (Lipinski definition) is 5. The first-order chi connectivity index (χ1) is 9.16. The zero-order chi connectivity index (χ0) is 13.4. The number of ether oxygens (including phenoxy) is 2. The number of nitrogen functional groups attached to an aromatic ring is 1. The number of fused-ring (bicyclic) bond motifs is 1. The van der Waals surface area contributed by atoms with Crippen LogP contribution in [-0.4, -0.2) is 24.3 Å². The molecule has 3 N–H and O–H groups in total. The Bertz CT molecular complexity index is 650. The summed E-state index contributed by atoms with van der Waals surface area (Å²) in [5.74, 6) is 0.347. The molecule has 0 saturated heterocycles. The Labute approximate surface area is 113 Å². The lowest BCUT2D eigenvalue weighted by Gasteiger charge is -2.18. The Morgan fingerprint density at radius 2 is 2.00 bits per heavy atom. The molecular weight excluding hydrogens is 266 g/mol. The third-order valence-corrected chi connectivity index (χ3v) is 3.86. The number of hydrogen-bond donors (Lipinski definition) is 2. The summed E-state index contributed by atoms with van der Waals surface area (Å²) >= 11 is 1.12. The van der Waals surface area contributed by atoms with Crippen molar-refractivity contribution in [3.8, 4) is 22.6 Å². The summed E-state index contributed by atoms with van der Waals surface area (Å²) in [5.41, 5.74) is 7.69. The highest BCUT2D eigenvalue weighted by Crippen LogP contribution is 2.39. The summed E-state index contributed by atoms with van der Waals surface area (Å²) in [7, 11) is 0. The fourth-order valence-electron chi connectivity index (χ4n) is 1.97. The average molecular weight is 277 g/mol. The Morgan fingerprint density at radius 3 is 2.68 bits per heavy atom. The van der Waals surface area contributed by atoms with E-state index in [1.807, 2.05) is 12.1 Å². The quantitative estimate of drug-likeness (QED) is 0.881. The number of benzene rings is 1. The number of carboxylic acid groups (broad SMARTS) is 1. The highest BCUT2D eigenvalue weighted by atomic mass is 32.1. The Morgan fingerprint density at radius 1 is 1.26 bits per heavy atom. The van der Waals surface area contributed by atoms with Gasteiger partial charge in [0.1, 0.15) is 18.1 Å². The van der Waals surface area contributed by atoms with E-state index in [-0.39, 0.29) is 10.6 Å². The van der Waals surface area contributed by atoms with Crippen molar-refractivity contribution in [2.45, 2.75) is 0 Å². The van der Waals surface area contributed by atoms with Gasteiger partial charge >= 0.3 is 5.97 Å². The van der Waals surface area contributed by atoms with Gasteiger partial charge in [-0.05, 0) is 17.7 Å². The van der Waals surface area contributed by atoms with Crippen LogP contribution < -0.4 is 15.2 Å². The van der Waals surface area contributed by atoms with Crippen LogP contribution in [0.3, 0.4) is 0 Å². The summed E-state index contributed by atoms with van der Waals surface area (Å²) < 4.78 is 10.9. The highest BCUT2D eigenvalue weighted by molar-refractivity contribution is 7.13. The zero-order valence-corrected chi connectivity index (χ0v) is 10.7. The van der Waals surface area contributed by atoms with Crippen LogP contribution in [0, 0.1) is 0 Å². The molecule has 0 atom stereocenters. The van der Waals surface area contributed by atoms with Gasteiger partial charge in [0.15, 0.2) is 11.5 Å². The van der Waals surface area contributed by atoms with Crippen molar-refractivity contribution < 1.29 is 19.4 Å². The number of aromatic carboxylic acids is 1. The molecule has 2 heterocycles. The monoisotopic (exact) mass is 277 g/mol. The molecule has 0 saturated carbocycles. The van der Waals surface area contributed by atoms with Gasteiger partial charge in [-0.25, -0.2) is 4.79 Å². The second kappa shape index (κ2) is 4.47. The van der Waals surface area contributed by atoms with Crippen molar-refractivity contribution in [2.24, 2.45) is 0 Å². The van der Waals surface area contributed by atoms with E-state index in [2.05, 4.69) is 0 Å². The van der Waals surface area contributed by atoms with Gasteiger partial charge in [-0.3, -0.25) is 0 Å². The molecule has 0 aliphatic carbocycles. The van der Waals surface area contributed by atoms with E-state index >= 15 is 0 Å². The molecule has 1 aliphatic heterocycles. The van der Waals surface area contributed by atoms with Crippen LogP contribution in [0.5, 0.6) is 11.5 Å². The standard InChI is InChI=1S/C13H11NO4S/c14-11-8(6-19-12(11)13(15)16)7-1-2-9-10(5-7)18-4-3-17-9/h1-2,5-6H,3-4,14H2,(H,15,16). The van der Waals surface area contributed by atoms with E-state index in [0.29, 0.717) is 30.3 Å². The summed E-state index contributed by atoms with van der Waals surface area (Å²) in [6, 6.07) is 5.47. The van der Waals surface area contributed by atoms with Crippen LogP contribution >= 0.6 is 11.3 Å². The maximum atomic E-state index is 11.0. The minimum atomic E-state index is -1.01. The van der Waals surface area contributed by atoms with Gasteiger partial charge in [-0.15, -0.1) is 11.3 Å². The third kappa shape index (κ3) is 2.00. The average Bonchev–Trinajstić information content (AvgIpc) is 2.80. The number of rotatable bonds is 2. The van der Waals surface area contributed by atoms with E-state index < -0.39 is 5.97 Å². The minimum Gasteiger partial charge on any atom is -0.486 e. The van der Waals surface area contributed by atoms with Gasteiger partial charge in [-0.1, -0.05) is 6.07 Å². The fraction of sp³-hybridized carbons (Fsp3) is 0.154. The molecule has 5 nitrogen and oxygen atoms in total. The van der Waals surface area contributed by atoms with Crippen LogP contribution in [0.2, 0.25) is 0 Å². The highest BCUT2D eigenvalue weighted by Gasteiger charge is 2.18. The normalized spacial score (nSPS) is 13.3. The molecule has 6 heteroatoms.